The van der Waals surface area contributed by atoms with Gasteiger partial charge in [-0.1, -0.05) is 6.07 Å². The van der Waals surface area contributed by atoms with Crippen molar-refractivity contribution in [2.45, 2.75) is 19.9 Å². The summed E-state index contributed by atoms with van der Waals surface area (Å²) in [6.45, 7) is 2.03. The Bertz CT molecular complexity index is 876. The number of rotatable bonds is 2. The van der Waals surface area contributed by atoms with Gasteiger partial charge >= 0.3 is 0 Å². The number of nitrogens with zero attached hydrogens (tertiary/aromatic N) is 1. The Balaban J connectivity index is 1.86. The molecule has 1 aliphatic rings. The van der Waals surface area contributed by atoms with E-state index in [9.17, 15) is 18.8 Å². The minimum atomic E-state index is -0.638. The van der Waals surface area contributed by atoms with Gasteiger partial charge in [0.15, 0.2) is 0 Å². The molecule has 1 aromatic heterocycles. The van der Waals surface area contributed by atoms with Crippen LogP contribution >= 0.6 is 0 Å². The minimum absolute atomic E-state index is 0.0888. The predicted molar refractivity (Wildman–Crippen MR) is 86.2 cm³/mol. The number of carbonyl (C=O) groups excluding carboxylic acids is 2. The number of benzene rings is 1. The number of fused-ring (bicyclic) bond motifs is 1. The second-order valence-electron chi connectivity index (χ2n) is 5.68. The number of pyridine rings is 1. The molecule has 2 N–H and O–H groups in total. The first-order valence-corrected chi connectivity index (χ1v) is 7.51. The van der Waals surface area contributed by atoms with Crippen molar-refractivity contribution in [3.05, 3.63) is 63.3 Å². The number of hydrogen-bond acceptors (Lipinski definition) is 3. The zero-order valence-electron chi connectivity index (χ0n) is 13.1. The Morgan fingerprint density at radius 3 is 2.79 bits per heavy atom. The highest BCUT2D eigenvalue weighted by molar-refractivity contribution is 5.97. The third kappa shape index (κ3) is 3.19. The number of aromatic amines is 1. The fourth-order valence-corrected chi connectivity index (χ4v) is 2.76. The summed E-state index contributed by atoms with van der Waals surface area (Å²) >= 11 is 0. The van der Waals surface area contributed by atoms with Crippen molar-refractivity contribution in [1.29, 1.82) is 0 Å². The average molecular weight is 329 g/mol. The third-order valence-corrected chi connectivity index (χ3v) is 3.89. The van der Waals surface area contributed by atoms with Crippen LogP contribution in [-0.2, 0) is 17.8 Å². The monoisotopic (exact) mass is 329 g/mol. The lowest BCUT2D eigenvalue weighted by Crippen LogP contribution is -2.37. The number of H-pyrrole nitrogens is 1. The third-order valence-electron chi connectivity index (χ3n) is 3.89. The molecule has 2 aromatic rings. The van der Waals surface area contributed by atoms with Crippen molar-refractivity contribution in [1.82, 2.24) is 9.88 Å². The maximum Gasteiger partial charge on any atom is 0.257 e. The van der Waals surface area contributed by atoms with Gasteiger partial charge < -0.3 is 15.2 Å². The first-order chi connectivity index (χ1) is 11.4. The smallest absolute Gasteiger partial charge is 0.257 e. The summed E-state index contributed by atoms with van der Waals surface area (Å²) < 4.78 is 14.1. The summed E-state index contributed by atoms with van der Waals surface area (Å²) in [5.41, 5.74) is 1.75. The van der Waals surface area contributed by atoms with E-state index < -0.39 is 11.7 Å². The lowest BCUT2D eigenvalue weighted by atomic mass is 10.0. The van der Waals surface area contributed by atoms with Crippen LogP contribution in [0, 0.1) is 5.82 Å². The molecule has 7 heteroatoms. The molecule has 3 rings (SSSR count). The summed E-state index contributed by atoms with van der Waals surface area (Å²) in [5.74, 6) is -1.38. The van der Waals surface area contributed by atoms with Gasteiger partial charge in [0.1, 0.15) is 5.82 Å². The SMILES string of the molecule is CC(=O)Nc1ccc(F)c(C(=O)N2CCc3[nH]c(=O)ccc3C2)c1. The minimum Gasteiger partial charge on any atom is -0.334 e. The van der Waals surface area contributed by atoms with Gasteiger partial charge in [-0.2, -0.15) is 0 Å². The van der Waals surface area contributed by atoms with Gasteiger partial charge in [0.2, 0.25) is 11.5 Å². The lowest BCUT2D eigenvalue weighted by molar-refractivity contribution is -0.114. The Morgan fingerprint density at radius 2 is 2.04 bits per heavy atom. The van der Waals surface area contributed by atoms with Crippen LogP contribution in [0.5, 0.6) is 0 Å². The van der Waals surface area contributed by atoms with Crippen molar-refractivity contribution in [3.63, 3.8) is 0 Å². The van der Waals surface area contributed by atoms with E-state index >= 15 is 0 Å². The quantitative estimate of drug-likeness (QED) is 0.879. The van der Waals surface area contributed by atoms with E-state index in [2.05, 4.69) is 10.3 Å². The highest BCUT2D eigenvalue weighted by Crippen LogP contribution is 2.21. The summed E-state index contributed by atoms with van der Waals surface area (Å²) in [5, 5.41) is 2.54. The van der Waals surface area contributed by atoms with Gasteiger partial charge in [-0.15, -0.1) is 0 Å². The zero-order chi connectivity index (χ0) is 17.3. The number of nitrogens with one attached hydrogen (secondary N) is 2. The molecule has 0 bridgehead atoms. The normalized spacial score (nSPS) is 13.3. The molecule has 1 aromatic carbocycles. The average Bonchev–Trinajstić information content (AvgIpc) is 2.55. The van der Waals surface area contributed by atoms with Crippen LogP contribution in [0.25, 0.3) is 0 Å². The van der Waals surface area contributed by atoms with Crippen LogP contribution in [0.2, 0.25) is 0 Å². The Hall–Kier alpha value is -2.96. The standard InChI is InChI=1S/C17H16FN3O3/c1-10(22)19-12-3-4-14(18)13(8-12)17(24)21-7-6-15-11(9-21)2-5-16(23)20-15/h2-5,8H,6-7,9H2,1H3,(H,19,22)(H,20,23). The summed E-state index contributed by atoms with van der Waals surface area (Å²) in [4.78, 5) is 39.4. The molecule has 0 atom stereocenters. The van der Waals surface area contributed by atoms with Gasteiger partial charge in [-0.3, -0.25) is 14.4 Å². The van der Waals surface area contributed by atoms with Crippen LogP contribution in [-0.4, -0.2) is 28.2 Å². The lowest BCUT2D eigenvalue weighted by Gasteiger charge is -2.28. The van der Waals surface area contributed by atoms with E-state index in [1.54, 1.807) is 6.07 Å². The Kier molecular flexibility index (Phi) is 4.16. The molecule has 2 heterocycles. The fraction of sp³-hybridized carbons (Fsp3) is 0.235. The van der Waals surface area contributed by atoms with Crippen LogP contribution in [0.4, 0.5) is 10.1 Å². The van der Waals surface area contributed by atoms with Crippen LogP contribution < -0.4 is 10.9 Å². The topological polar surface area (TPSA) is 82.3 Å². The van der Waals surface area contributed by atoms with E-state index in [-0.39, 0.29) is 17.0 Å². The van der Waals surface area contributed by atoms with Crippen molar-refractivity contribution in [3.8, 4) is 0 Å². The zero-order valence-corrected chi connectivity index (χ0v) is 13.1. The number of aromatic nitrogens is 1. The fourth-order valence-electron chi connectivity index (χ4n) is 2.76. The van der Waals surface area contributed by atoms with Crippen LogP contribution in [0.15, 0.2) is 35.1 Å². The molecule has 6 nitrogen and oxygen atoms in total. The molecule has 0 fully saturated rings. The molecule has 2 amide bonds. The Morgan fingerprint density at radius 1 is 1.25 bits per heavy atom. The molecule has 0 unspecified atom stereocenters. The van der Waals surface area contributed by atoms with Gasteiger partial charge in [0.05, 0.1) is 5.56 Å². The number of hydrogen-bond donors (Lipinski definition) is 2. The number of carbonyl (C=O) groups is 2. The number of anilines is 1. The highest BCUT2D eigenvalue weighted by atomic mass is 19.1. The predicted octanol–water partition coefficient (Wildman–Crippen LogP) is 1.67. The molecule has 124 valence electrons. The van der Waals surface area contributed by atoms with Gasteiger partial charge in [0, 0.05) is 43.9 Å². The largest absolute Gasteiger partial charge is 0.334 e. The molecule has 24 heavy (non-hydrogen) atoms. The molecule has 1 aliphatic heterocycles. The van der Waals surface area contributed by atoms with Gasteiger partial charge in [-0.25, -0.2) is 4.39 Å². The molecule has 0 aliphatic carbocycles. The highest BCUT2D eigenvalue weighted by Gasteiger charge is 2.24. The molecule has 0 spiro atoms. The maximum atomic E-state index is 14.1. The van der Waals surface area contributed by atoms with Crippen LogP contribution in [0.3, 0.4) is 0 Å². The van der Waals surface area contributed by atoms with Crippen molar-refractivity contribution >= 4 is 17.5 Å². The molecule has 0 saturated carbocycles. The van der Waals surface area contributed by atoms with Crippen molar-refractivity contribution < 1.29 is 14.0 Å². The van der Waals surface area contributed by atoms with E-state index in [4.69, 9.17) is 0 Å². The molecule has 0 saturated heterocycles. The second-order valence-corrected chi connectivity index (χ2v) is 5.68. The number of amides is 2. The molecular formula is C17H16FN3O3. The Labute approximate surface area is 137 Å². The van der Waals surface area contributed by atoms with Crippen molar-refractivity contribution in [2.24, 2.45) is 0 Å². The van der Waals surface area contributed by atoms with Crippen LogP contribution in [0.1, 0.15) is 28.5 Å². The van der Waals surface area contributed by atoms with Crippen molar-refractivity contribution in [2.75, 3.05) is 11.9 Å². The van der Waals surface area contributed by atoms with E-state index in [1.165, 1.54) is 30.0 Å². The van der Waals surface area contributed by atoms with E-state index in [0.717, 1.165) is 17.3 Å². The van der Waals surface area contributed by atoms with Gasteiger partial charge in [-0.05, 0) is 23.8 Å². The second kappa shape index (κ2) is 6.27. The molecule has 0 radical (unpaired) electrons. The first kappa shape index (κ1) is 15.9. The first-order valence-electron chi connectivity index (χ1n) is 7.51. The van der Waals surface area contributed by atoms with Gasteiger partial charge in [0.25, 0.3) is 5.91 Å². The maximum absolute atomic E-state index is 14.1. The summed E-state index contributed by atoms with van der Waals surface area (Å²) in [6, 6.07) is 6.99. The van der Waals surface area contributed by atoms with E-state index in [0.29, 0.717) is 25.2 Å². The summed E-state index contributed by atoms with van der Waals surface area (Å²) in [6.07, 6.45) is 0.504. The van der Waals surface area contributed by atoms with E-state index in [1.807, 2.05) is 0 Å². The molecular weight excluding hydrogens is 313 g/mol. The number of halogens is 1. The summed E-state index contributed by atoms with van der Waals surface area (Å²) in [7, 11) is 0.